The van der Waals surface area contributed by atoms with Crippen LogP contribution in [-0.4, -0.2) is 38.2 Å². The Hall–Kier alpha value is -12.0. The third-order valence-corrected chi connectivity index (χ3v) is 17.8. The van der Waals surface area contributed by atoms with Crippen molar-refractivity contribution in [3.8, 4) is 78.9 Å². The Morgan fingerprint density at radius 1 is 0.216 bits per heavy atom. The first kappa shape index (κ1) is 49.4. The van der Waals surface area contributed by atoms with Crippen molar-refractivity contribution in [1.82, 2.24) is 38.2 Å². The maximum absolute atomic E-state index is 5.54. The van der Waals surface area contributed by atoms with Gasteiger partial charge in [0.15, 0.2) is 5.82 Å². The van der Waals surface area contributed by atoms with E-state index < -0.39 is 0 Å². The van der Waals surface area contributed by atoms with E-state index in [1.54, 1.807) is 0 Å². The minimum absolute atomic E-state index is 0.628. The van der Waals surface area contributed by atoms with Crippen LogP contribution in [0.4, 0.5) is 0 Å². The predicted octanol–water partition coefficient (Wildman–Crippen LogP) is 20.0. The van der Waals surface area contributed by atoms with Crippen molar-refractivity contribution in [3.63, 3.8) is 0 Å². The van der Waals surface area contributed by atoms with Crippen LogP contribution in [0.25, 0.3) is 166 Å². The monoisotopic (exact) mass is 1120 g/mol. The fraction of sp³-hybridized carbons (Fsp3) is 0. The van der Waals surface area contributed by atoms with Gasteiger partial charge in [0.25, 0.3) is 0 Å². The quantitative estimate of drug-likeness (QED) is 0.144. The molecule has 88 heavy (non-hydrogen) atoms. The van der Waals surface area contributed by atoms with Crippen molar-refractivity contribution in [2.75, 3.05) is 0 Å². The highest BCUT2D eigenvalue weighted by Gasteiger charge is 2.25. The van der Waals surface area contributed by atoms with Gasteiger partial charge in [-0.3, -0.25) is 9.97 Å². The molecule has 0 saturated heterocycles. The molecule has 0 saturated carbocycles. The summed E-state index contributed by atoms with van der Waals surface area (Å²) < 4.78 is 9.61. The lowest BCUT2D eigenvalue weighted by Gasteiger charge is -2.20. The highest BCUT2D eigenvalue weighted by Crippen LogP contribution is 2.45. The maximum atomic E-state index is 5.54. The molecular formula is C80H50N8. The fourth-order valence-electron chi connectivity index (χ4n) is 14.0. The Bertz CT molecular complexity index is 5290. The first-order chi connectivity index (χ1) is 43.7. The third-order valence-electron chi connectivity index (χ3n) is 17.8. The fourth-order valence-corrected chi connectivity index (χ4v) is 14.0. The van der Waals surface area contributed by atoms with Crippen molar-refractivity contribution < 1.29 is 0 Å². The van der Waals surface area contributed by atoms with Crippen molar-refractivity contribution >= 4 is 87.2 Å². The Morgan fingerprint density at radius 2 is 0.489 bits per heavy atom. The van der Waals surface area contributed by atoms with Gasteiger partial charge in [0, 0.05) is 94.4 Å². The van der Waals surface area contributed by atoms with Crippen molar-refractivity contribution in [3.05, 3.63) is 304 Å². The summed E-state index contributed by atoms with van der Waals surface area (Å²) >= 11 is 0. The average Bonchev–Trinajstić information content (AvgIpc) is 2.19. The Balaban J connectivity index is 0.887. The first-order valence-corrected chi connectivity index (χ1v) is 29.8. The summed E-state index contributed by atoms with van der Waals surface area (Å²) in [5, 5.41) is 9.49. The lowest BCUT2D eigenvalue weighted by atomic mass is 9.97. The number of para-hydroxylation sites is 8. The van der Waals surface area contributed by atoms with Crippen molar-refractivity contribution in [2.24, 2.45) is 0 Å². The van der Waals surface area contributed by atoms with Gasteiger partial charge >= 0.3 is 0 Å². The summed E-state index contributed by atoms with van der Waals surface area (Å²) in [5.74, 6) is 0.628. The highest BCUT2D eigenvalue weighted by molar-refractivity contribution is 6.14. The lowest BCUT2D eigenvalue weighted by Crippen LogP contribution is -2.03. The molecule has 0 amide bonds. The van der Waals surface area contributed by atoms with Gasteiger partial charge in [-0.25, -0.2) is 9.97 Å². The van der Waals surface area contributed by atoms with Crippen LogP contribution >= 0.6 is 0 Å². The molecule has 0 atom stereocenters. The Kier molecular flexibility index (Phi) is 11.1. The third kappa shape index (κ3) is 7.59. The Morgan fingerprint density at radius 3 is 0.807 bits per heavy atom. The van der Waals surface area contributed by atoms with Gasteiger partial charge in [-0.1, -0.05) is 200 Å². The van der Waals surface area contributed by atoms with E-state index in [9.17, 15) is 0 Å². The van der Waals surface area contributed by atoms with E-state index >= 15 is 0 Å². The molecule has 410 valence electrons. The molecule has 0 spiro atoms. The summed E-state index contributed by atoms with van der Waals surface area (Å²) in [5.41, 5.74) is 21.5. The molecule has 0 aliphatic carbocycles. The van der Waals surface area contributed by atoms with Crippen LogP contribution in [-0.2, 0) is 0 Å². The molecule has 7 heterocycles. The van der Waals surface area contributed by atoms with E-state index in [4.69, 9.17) is 19.9 Å². The van der Waals surface area contributed by atoms with E-state index in [0.717, 1.165) is 117 Å². The molecule has 0 unspecified atom stereocenters. The van der Waals surface area contributed by atoms with Crippen LogP contribution in [0.1, 0.15) is 0 Å². The number of fused-ring (bicyclic) bond motifs is 12. The van der Waals surface area contributed by atoms with Gasteiger partial charge in [-0.05, 0) is 78.9 Å². The molecule has 7 aromatic heterocycles. The molecule has 0 bridgehead atoms. The number of rotatable bonds is 9. The number of benzene rings is 11. The van der Waals surface area contributed by atoms with Crippen molar-refractivity contribution in [1.29, 1.82) is 0 Å². The average molecular weight is 1120 g/mol. The van der Waals surface area contributed by atoms with Gasteiger partial charge in [-0.2, -0.15) is 0 Å². The first-order valence-electron chi connectivity index (χ1n) is 29.8. The summed E-state index contributed by atoms with van der Waals surface area (Å²) in [6.45, 7) is 0. The molecule has 11 aromatic carbocycles. The highest BCUT2D eigenvalue weighted by atomic mass is 15.0. The summed E-state index contributed by atoms with van der Waals surface area (Å²) in [6.07, 6.45) is 7.86. The van der Waals surface area contributed by atoms with E-state index in [1.165, 1.54) is 43.1 Å². The van der Waals surface area contributed by atoms with Crippen LogP contribution in [0.3, 0.4) is 0 Å². The molecule has 0 aliphatic rings. The number of aromatic nitrogens is 8. The molecular weight excluding hydrogens is 1070 g/mol. The molecule has 0 radical (unpaired) electrons. The summed E-state index contributed by atoms with van der Waals surface area (Å²) in [7, 11) is 0. The summed E-state index contributed by atoms with van der Waals surface area (Å²) in [6, 6.07) is 100. The zero-order valence-corrected chi connectivity index (χ0v) is 47.4. The number of pyridine rings is 2. The van der Waals surface area contributed by atoms with E-state index in [0.29, 0.717) is 5.82 Å². The van der Waals surface area contributed by atoms with Crippen molar-refractivity contribution in [2.45, 2.75) is 0 Å². The van der Waals surface area contributed by atoms with Crippen LogP contribution in [0, 0.1) is 0 Å². The molecule has 0 aliphatic heterocycles. The standard InChI is InChI=1S/C80H50N8/c1-2-20-51(21-3-1)80-83-66(52-38-40-62(76(46-52)85-68-30-12-4-22-54(68)55-23-5-13-31-69(55)85)64-42-44-81-49-78(64)87-72-34-16-8-26-58(72)59-27-9-17-35-73(59)87)48-67(84-80)53-39-41-63(77(47-53)86-70-32-14-6-24-56(70)57-25-7-15-33-71(57)86)65-43-45-82-50-79(65)88-74-36-18-10-28-60(74)61-29-11-19-37-75(61)88/h1-50H. The zero-order valence-electron chi connectivity index (χ0n) is 47.4. The predicted molar refractivity (Wildman–Crippen MR) is 362 cm³/mol. The number of nitrogens with zero attached hydrogens (tertiary/aromatic N) is 8. The normalized spacial score (nSPS) is 11.9. The van der Waals surface area contributed by atoms with Gasteiger partial charge in [0.1, 0.15) is 0 Å². The van der Waals surface area contributed by atoms with E-state index in [2.05, 4.69) is 291 Å². The summed E-state index contributed by atoms with van der Waals surface area (Å²) in [4.78, 5) is 20.7. The zero-order chi connectivity index (χ0) is 57.8. The van der Waals surface area contributed by atoms with Gasteiger partial charge in [0.05, 0.1) is 90.7 Å². The lowest BCUT2D eigenvalue weighted by molar-refractivity contribution is 1.13. The molecule has 18 rings (SSSR count). The second kappa shape index (κ2) is 19.8. The van der Waals surface area contributed by atoms with Gasteiger partial charge in [-0.15, -0.1) is 0 Å². The topological polar surface area (TPSA) is 71.3 Å². The largest absolute Gasteiger partial charge is 0.309 e. The van der Waals surface area contributed by atoms with Gasteiger partial charge < -0.3 is 18.3 Å². The smallest absolute Gasteiger partial charge is 0.160 e. The molecule has 18 aromatic rings. The SMILES string of the molecule is c1ccc(-c2nc(-c3ccc(-c4ccncc4-n4c5ccccc5c5ccccc54)c(-n4c5ccccc5c5ccccc54)c3)cc(-c3ccc(-c4ccncc4-n4c5ccccc5c5ccccc54)c(-n4c5ccccc5c5ccccc54)c3)n2)cc1. The maximum Gasteiger partial charge on any atom is 0.160 e. The minimum Gasteiger partial charge on any atom is -0.309 e. The molecule has 0 fully saturated rings. The molecule has 8 nitrogen and oxygen atoms in total. The van der Waals surface area contributed by atoms with Crippen LogP contribution < -0.4 is 0 Å². The Labute approximate surface area is 505 Å². The minimum atomic E-state index is 0.628. The number of hydrogen-bond donors (Lipinski definition) is 0. The second-order valence-electron chi connectivity index (χ2n) is 22.6. The number of hydrogen-bond acceptors (Lipinski definition) is 4. The van der Waals surface area contributed by atoms with Crippen LogP contribution in [0.2, 0.25) is 0 Å². The van der Waals surface area contributed by atoms with E-state index in [-0.39, 0.29) is 0 Å². The van der Waals surface area contributed by atoms with Crippen LogP contribution in [0.15, 0.2) is 304 Å². The van der Waals surface area contributed by atoms with Crippen LogP contribution in [0.5, 0.6) is 0 Å². The van der Waals surface area contributed by atoms with E-state index in [1.807, 2.05) is 30.9 Å². The molecule has 8 heteroatoms. The second-order valence-corrected chi connectivity index (χ2v) is 22.6. The van der Waals surface area contributed by atoms with Gasteiger partial charge in [0.2, 0.25) is 0 Å². The molecule has 0 N–H and O–H groups in total.